The number of hydrogen-bond donors (Lipinski definition) is 2. The van der Waals surface area contributed by atoms with Crippen LogP contribution in [0.2, 0.25) is 0 Å². The molecule has 0 rings (SSSR count). The molecule has 0 saturated heterocycles. The van der Waals surface area contributed by atoms with Gasteiger partial charge in [-0.3, -0.25) is 9.59 Å². The van der Waals surface area contributed by atoms with Crippen LogP contribution in [-0.4, -0.2) is 27.9 Å². The SMILES string of the molecule is C[C@@H](CC(=O)O)C(=O)C(=O)O. The normalized spacial score (nSPS) is 12.1. The topological polar surface area (TPSA) is 91.7 Å². The molecule has 0 heterocycles. The molecule has 0 radical (unpaired) electrons. The van der Waals surface area contributed by atoms with E-state index in [1.165, 1.54) is 6.92 Å². The van der Waals surface area contributed by atoms with Gasteiger partial charge in [0.05, 0.1) is 6.42 Å². The molecule has 0 unspecified atom stereocenters. The molecule has 0 amide bonds. The highest BCUT2D eigenvalue weighted by Crippen LogP contribution is 2.02. The van der Waals surface area contributed by atoms with Crippen LogP contribution in [0, 0.1) is 5.92 Å². The van der Waals surface area contributed by atoms with E-state index in [9.17, 15) is 14.4 Å². The fraction of sp³-hybridized carbons (Fsp3) is 0.500. The van der Waals surface area contributed by atoms with E-state index < -0.39 is 30.1 Å². The fourth-order valence-electron chi connectivity index (χ4n) is 0.565. The van der Waals surface area contributed by atoms with Crippen LogP contribution >= 0.6 is 0 Å². The summed E-state index contributed by atoms with van der Waals surface area (Å²) in [6.07, 6.45) is -0.439. The summed E-state index contributed by atoms with van der Waals surface area (Å²) in [5, 5.41) is 16.3. The van der Waals surface area contributed by atoms with Crippen LogP contribution in [0.4, 0.5) is 0 Å². The molecule has 5 heteroatoms. The predicted octanol–water partition coefficient (Wildman–Crippen LogP) is -0.249. The lowest BCUT2D eigenvalue weighted by molar-refractivity contribution is -0.152. The zero-order valence-electron chi connectivity index (χ0n) is 5.90. The summed E-state index contributed by atoms with van der Waals surface area (Å²) in [5.41, 5.74) is 0. The minimum absolute atomic E-state index is 0.439. The molecule has 0 aromatic rings. The minimum atomic E-state index is -1.58. The van der Waals surface area contributed by atoms with E-state index in [-0.39, 0.29) is 0 Å². The Morgan fingerprint density at radius 3 is 2.00 bits per heavy atom. The molecule has 0 aromatic carbocycles. The Hall–Kier alpha value is -1.39. The van der Waals surface area contributed by atoms with E-state index in [1.54, 1.807) is 0 Å². The summed E-state index contributed by atoms with van der Waals surface area (Å²) in [5.74, 6) is -4.77. The number of rotatable bonds is 4. The van der Waals surface area contributed by atoms with E-state index in [4.69, 9.17) is 10.2 Å². The maximum absolute atomic E-state index is 10.5. The Bertz CT molecular complexity index is 195. The van der Waals surface area contributed by atoms with Gasteiger partial charge >= 0.3 is 11.9 Å². The van der Waals surface area contributed by atoms with Crippen molar-refractivity contribution in [2.45, 2.75) is 13.3 Å². The van der Waals surface area contributed by atoms with Crippen LogP contribution in [0.15, 0.2) is 0 Å². The van der Waals surface area contributed by atoms with Gasteiger partial charge in [-0.15, -0.1) is 0 Å². The molecule has 0 spiro atoms. The van der Waals surface area contributed by atoms with Gasteiger partial charge in [-0.05, 0) is 0 Å². The average molecular weight is 160 g/mol. The molecule has 0 aliphatic rings. The standard InChI is InChI=1S/C6H8O5/c1-3(2-4(7)8)5(9)6(10)11/h3H,2H2,1H3,(H,7,8)(H,10,11)/t3-/m0/s1. The second kappa shape index (κ2) is 3.70. The maximum Gasteiger partial charge on any atom is 0.372 e. The molecule has 2 N–H and O–H groups in total. The van der Waals surface area contributed by atoms with Crippen LogP contribution in [0.3, 0.4) is 0 Å². The lowest BCUT2D eigenvalue weighted by Gasteiger charge is -2.01. The molecule has 0 fully saturated rings. The zero-order valence-corrected chi connectivity index (χ0v) is 5.90. The third kappa shape index (κ3) is 3.34. The van der Waals surface area contributed by atoms with E-state index in [0.29, 0.717) is 0 Å². The maximum atomic E-state index is 10.5. The molecule has 0 aliphatic carbocycles. The third-order valence-corrected chi connectivity index (χ3v) is 1.14. The van der Waals surface area contributed by atoms with Gasteiger partial charge < -0.3 is 10.2 Å². The van der Waals surface area contributed by atoms with Gasteiger partial charge in [-0.25, -0.2) is 4.79 Å². The molecule has 11 heavy (non-hydrogen) atoms. The number of ketones is 1. The highest BCUT2D eigenvalue weighted by Gasteiger charge is 2.22. The van der Waals surface area contributed by atoms with Gasteiger partial charge in [0.1, 0.15) is 0 Å². The third-order valence-electron chi connectivity index (χ3n) is 1.14. The van der Waals surface area contributed by atoms with Crippen molar-refractivity contribution >= 4 is 17.7 Å². The van der Waals surface area contributed by atoms with Crippen LogP contribution in [0.25, 0.3) is 0 Å². The van der Waals surface area contributed by atoms with Gasteiger partial charge in [0.2, 0.25) is 5.78 Å². The number of aliphatic carboxylic acids is 2. The number of carboxylic acids is 2. The van der Waals surface area contributed by atoms with Crippen LogP contribution in [-0.2, 0) is 14.4 Å². The number of Topliss-reactive ketones (excluding diaryl/α,β-unsaturated/α-hetero) is 1. The first-order valence-corrected chi connectivity index (χ1v) is 2.94. The predicted molar refractivity (Wildman–Crippen MR) is 34.1 cm³/mol. The Kier molecular flexibility index (Phi) is 3.23. The van der Waals surface area contributed by atoms with Crippen molar-refractivity contribution in [3.05, 3.63) is 0 Å². The summed E-state index contributed by atoms with van der Waals surface area (Å²) in [6.45, 7) is 1.27. The van der Waals surface area contributed by atoms with E-state index >= 15 is 0 Å². The molecular formula is C6H8O5. The van der Waals surface area contributed by atoms with E-state index in [2.05, 4.69) is 0 Å². The molecule has 5 nitrogen and oxygen atoms in total. The summed E-state index contributed by atoms with van der Waals surface area (Å²) in [4.78, 5) is 30.5. The van der Waals surface area contributed by atoms with Gasteiger partial charge in [0.15, 0.2) is 0 Å². The first-order chi connectivity index (χ1) is 4.95. The Morgan fingerprint density at radius 2 is 1.73 bits per heavy atom. The molecule has 0 saturated carbocycles. The first kappa shape index (κ1) is 9.61. The van der Waals surface area contributed by atoms with Crippen molar-refractivity contribution in [3.63, 3.8) is 0 Å². The quantitative estimate of drug-likeness (QED) is 0.553. The van der Waals surface area contributed by atoms with Crippen molar-refractivity contribution in [1.82, 2.24) is 0 Å². The zero-order chi connectivity index (χ0) is 9.02. The Balaban J connectivity index is 4.03. The van der Waals surface area contributed by atoms with Gasteiger partial charge in [-0.1, -0.05) is 6.92 Å². The molecule has 0 bridgehead atoms. The molecule has 0 aliphatic heterocycles. The largest absolute Gasteiger partial charge is 0.481 e. The van der Waals surface area contributed by atoms with Gasteiger partial charge in [0.25, 0.3) is 0 Å². The smallest absolute Gasteiger partial charge is 0.372 e. The lowest BCUT2D eigenvalue weighted by atomic mass is 10.0. The second-order valence-corrected chi connectivity index (χ2v) is 2.17. The Morgan fingerprint density at radius 1 is 1.27 bits per heavy atom. The lowest BCUT2D eigenvalue weighted by Crippen LogP contribution is -2.23. The van der Waals surface area contributed by atoms with Crippen molar-refractivity contribution in [2.75, 3.05) is 0 Å². The molecule has 62 valence electrons. The second-order valence-electron chi connectivity index (χ2n) is 2.17. The van der Waals surface area contributed by atoms with Crippen molar-refractivity contribution in [1.29, 1.82) is 0 Å². The van der Waals surface area contributed by atoms with Crippen molar-refractivity contribution in [3.8, 4) is 0 Å². The number of hydrogen-bond acceptors (Lipinski definition) is 3. The molecular weight excluding hydrogens is 152 g/mol. The van der Waals surface area contributed by atoms with Crippen LogP contribution in [0.1, 0.15) is 13.3 Å². The number of carboxylic acid groups (broad SMARTS) is 2. The first-order valence-electron chi connectivity index (χ1n) is 2.94. The minimum Gasteiger partial charge on any atom is -0.481 e. The summed E-state index contributed by atoms with van der Waals surface area (Å²) in [7, 11) is 0. The van der Waals surface area contributed by atoms with Gasteiger partial charge in [-0.2, -0.15) is 0 Å². The van der Waals surface area contributed by atoms with E-state index in [0.717, 1.165) is 0 Å². The summed E-state index contributed by atoms with van der Waals surface area (Å²) in [6, 6.07) is 0. The summed E-state index contributed by atoms with van der Waals surface area (Å²) >= 11 is 0. The van der Waals surface area contributed by atoms with Crippen LogP contribution in [0.5, 0.6) is 0 Å². The fourth-order valence-corrected chi connectivity index (χ4v) is 0.565. The van der Waals surface area contributed by atoms with Crippen molar-refractivity contribution in [2.24, 2.45) is 5.92 Å². The van der Waals surface area contributed by atoms with Crippen molar-refractivity contribution < 1.29 is 24.6 Å². The molecule has 0 aromatic heterocycles. The van der Waals surface area contributed by atoms with E-state index in [1.807, 2.05) is 0 Å². The van der Waals surface area contributed by atoms with Gasteiger partial charge in [0, 0.05) is 5.92 Å². The number of carbonyl (C=O) groups excluding carboxylic acids is 1. The molecule has 1 atom stereocenters. The van der Waals surface area contributed by atoms with Crippen LogP contribution < -0.4 is 0 Å². The average Bonchev–Trinajstić information content (AvgIpc) is 1.84. The highest BCUT2D eigenvalue weighted by atomic mass is 16.4. The summed E-state index contributed by atoms with van der Waals surface area (Å²) < 4.78 is 0. The Labute approximate surface area is 62.6 Å². The monoisotopic (exact) mass is 160 g/mol. The number of carbonyl (C=O) groups is 3. The highest BCUT2D eigenvalue weighted by molar-refractivity contribution is 6.33.